The van der Waals surface area contributed by atoms with Crippen LogP contribution < -0.4 is 5.32 Å². The van der Waals surface area contributed by atoms with Crippen molar-refractivity contribution < 1.29 is 18.6 Å². The van der Waals surface area contributed by atoms with Crippen molar-refractivity contribution in [3.63, 3.8) is 0 Å². The molecule has 3 rings (SSSR count). The topological polar surface area (TPSA) is 102 Å². The second-order valence-electron chi connectivity index (χ2n) is 5.66. The monoisotopic (exact) mass is 355 g/mol. The lowest BCUT2D eigenvalue weighted by Gasteiger charge is -2.19. The van der Waals surface area contributed by atoms with Crippen molar-refractivity contribution in [3.8, 4) is 0 Å². The summed E-state index contributed by atoms with van der Waals surface area (Å²) in [4.78, 5) is 24.6. The minimum absolute atomic E-state index is 0.0735. The third-order valence-corrected chi connectivity index (χ3v) is 3.63. The van der Waals surface area contributed by atoms with Crippen LogP contribution in [0.2, 0.25) is 0 Å². The molecule has 2 heterocycles. The van der Waals surface area contributed by atoms with E-state index in [2.05, 4.69) is 5.32 Å². The molecule has 0 aliphatic heterocycles. The van der Waals surface area contributed by atoms with Crippen LogP contribution in [0.25, 0.3) is 0 Å². The van der Waals surface area contributed by atoms with Gasteiger partial charge in [0.05, 0.1) is 37.1 Å². The van der Waals surface area contributed by atoms with E-state index in [1.54, 1.807) is 30.7 Å². The van der Waals surface area contributed by atoms with Gasteiger partial charge in [0.15, 0.2) is 0 Å². The number of non-ortho nitro benzene ring substituents is 1. The van der Waals surface area contributed by atoms with Gasteiger partial charge in [-0.3, -0.25) is 19.8 Å². The number of amides is 1. The summed E-state index contributed by atoms with van der Waals surface area (Å²) in [7, 11) is 0. The first-order chi connectivity index (χ1) is 12.6. The molecule has 0 saturated carbocycles. The number of nitro benzene ring substituents is 1. The Balaban J connectivity index is 1.66. The summed E-state index contributed by atoms with van der Waals surface area (Å²) < 4.78 is 10.7. The average Bonchev–Trinajstić information content (AvgIpc) is 3.29. The Morgan fingerprint density at radius 2 is 1.69 bits per heavy atom. The third kappa shape index (κ3) is 4.81. The molecule has 134 valence electrons. The van der Waals surface area contributed by atoms with E-state index in [1.807, 2.05) is 17.0 Å². The number of hydrogen-bond acceptors (Lipinski definition) is 6. The first-order valence-electron chi connectivity index (χ1n) is 7.91. The fourth-order valence-corrected chi connectivity index (χ4v) is 2.51. The van der Waals surface area contributed by atoms with Crippen LogP contribution in [-0.4, -0.2) is 22.3 Å². The molecule has 1 N–H and O–H groups in total. The summed E-state index contributed by atoms with van der Waals surface area (Å²) in [5.74, 6) is 1.16. The van der Waals surface area contributed by atoms with Crippen LogP contribution in [-0.2, 0) is 17.9 Å². The highest BCUT2D eigenvalue weighted by Crippen LogP contribution is 2.17. The number of rotatable bonds is 8. The molecule has 0 aliphatic rings. The molecule has 0 atom stereocenters. The lowest BCUT2D eigenvalue weighted by Crippen LogP contribution is -2.32. The summed E-state index contributed by atoms with van der Waals surface area (Å²) in [5.41, 5.74) is 0.297. The third-order valence-electron chi connectivity index (χ3n) is 3.63. The largest absolute Gasteiger partial charge is 0.468 e. The van der Waals surface area contributed by atoms with Gasteiger partial charge in [0, 0.05) is 17.8 Å². The Bertz CT molecular complexity index is 823. The van der Waals surface area contributed by atoms with Gasteiger partial charge in [-0.25, -0.2) is 0 Å². The maximum atomic E-state index is 12.4. The van der Waals surface area contributed by atoms with Crippen LogP contribution in [0.15, 0.2) is 69.9 Å². The predicted molar refractivity (Wildman–Crippen MR) is 93.3 cm³/mol. The van der Waals surface area contributed by atoms with Crippen LogP contribution in [0.5, 0.6) is 0 Å². The van der Waals surface area contributed by atoms with Crippen LogP contribution >= 0.6 is 0 Å². The zero-order chi connectivity index (χ0) is 18.4. The Morgan fingerprint density at radius 3 is 2.23 bits per heavy atom. The van der Waals surface area contributed by atoms with Crippen LogP contribution in [0.4, 0.5) is 11.4 Å². The van der Waals surface area contributed by atoms with Gasteiger partial charge in [0.2, 0.25) is 5.91 Å². The number of anilines is 1. The molecular formula is C18H17N3O5. The molecule has 1 amide bonds. The summed E-state index contributed by atoms with van der Waals surface area (Å²) in [6, 6.07) is 13.0. The molecule has 26 heavy (non-hydrogen) atoms. The predicted octanol–water partition coefficient (Wildman–Crippen LogP) is 3.42. The van der Waals surface area contributed by atoms with Crippen molar-refractivity contribution >= 4 is 17.3 Å². The van der Waals surface area contributed by atoms with Crippen molar-refractivity contribution in [1.82, 2.24) is 4.90 Å². The molecule has 8 nitrogen and oxygen atoms in total. The average molecular weight is 355 g/mol. The van der Waals surface area contributed by atoms with Gasteiger partial charge in [-0.2, -0.15) is 0 Å². The van der Waals surface area contributed by atoms with Gasteiger partial charge < -0.3 is 14.2 Å². The Kier molecular flexibility index (Phi) is 5.45. The van der Waals surface area contributed by atoms with Gasteiger partial charge in [0.1, 0.15) is 11.5 Å². The van der Waals surface area contributed by atoms with E-state index < -0.39 is 4.92 Å². The smallest absolute Gasteiger partial charge is 0.271 e. The molecular weight excluding hydrogens is 338 g/mol. The first-order valence-corrected chi connectivity index (χ1v) is 7.91. The normalized spacial score (nSPS) is 10.8. The molecule has 0 aliphatic carbocycles. The highest BCUT2D eigenvalue weighted by molar-refractivity contribution is 5.92. The molecule has 0 spiro atoms. The second-order valence-corrected chi connectivity index (χ2v) is 5.66. The summed E-state index contributed by atoms with van der Waals surface area (Å²) in [6.07, 6.45) is 3.15. The zero-order valence-electron chi connectivity index (χ0n) is 13.8. The Hall–Kier alpha value is -3.39. The quantitative estimate of drug-likeness (QED) is 0.491. The SMILES string of the molecule is O=C(CN(Cc1ccco1)Cc1ccco1)Nc1cccc([N+](=O)[O-])c1. The van der Waals surface area contributed by atoms with Crippen LogP contribution in [0.1, 0.15) is 11.5 Å². The number of carbonyl (C=O) groups is 1. The highest BCUT2D eigenvalue weighted by Gasteiger charge is 2.16. The van der Waals surface area contributed by atoms with Gasteiger partial charge in [-0.15, -0.1) is 0 Å². The van der Waals surface area contributed by atoms with Crippen molar-refractivity contribution in [2.45, 2.75) is 13.1 Å². The van der Waals surface area contributed by atoms with E-state index in [-0.39, 0.29) is 18.1 Å². The standard InChI is InChI=1S/C18H17N3O5/c22-18(19-14-4-1-5-15(10-14)21(23)24)13-20(11-16-6-2-8-25-16)12-17-7-3-9-26-17/h1-10H,11-13H2,(H,19,22). The summed E-state index contributed by atoms with van der Waals surface area (Å²) in [5, 5.41) is 13.5. The van der Waals surface area contributed by atoms with E-state index in [4.69, 9.17) is 8.83 Å². The van der Waals surface area contributed by atoms with Gasteiger partial charge in [0.25, 0.3) is 5.69 Å². The number of nitro groups is 1. The maximum absolute atomic E-state index is 12.4. The van der Waals surface area contributed by atoms with Gasteiger partial charge in [-0.1, -0.05) is 6.07 Å². The zero-order valence-corrected chi connectivity index (χ0v) is 13.8. The fourth-order valence-electron chi connectivity index (χ4n) is 2.51. The lowest BCUT2D eigenvalue weighted by atomic mass is 10.2. The molecule has 3 aromatic rings. The lowest BCUT2D eigenvalue weighted by molar-refractivity contribution is -0.384. The molecule has 0 radical (unpaired) electrons. The van der Waals surface area contributed by atoms with E-state index in [0.717, 1.165) is 11.5 Å². The minimum atomic E-state index is -0.504. The summed E-state index contributed by atoms with van der Waals surface area (Å²) >= 11 is 0. The van der Waals surface area contributed by atoms with Crippen molar-refractivity contribution in [3.05, 3.63) is 82.7 Å². The number of benzene rings is 1. The van der Waals surface area contributed by atoms with E-state index in [1.165, 1.54) is 18.2 Å². The van der Waals surface area contributed by atoms with Crippen LogP contribution in [0, 0.1) is 10.1 Å². The van der Waals surface area contributed by atoms with Gasteiger partial charge >= 0.3 is 0 Å². The van der Waals surface area contributed by atoms with Crippen molar-refractivity contribution in [2.24, 2.45) is 0 Å². The Labute approximate surface area is 149 Å². The number of nitrogens with zero attached hydrogens (tertiary/aromatic N) is 2. The molecule has 0 unspecified atom stereocenters. The molecule has 0 saturated heterocycles. The number of hydrogen-bond donors (Lipinski definition) is 1. The van der Waals surface area contributed by atoms with Crippen LogP contribution in [0.3, 0.4) is 0 Å². The number of carbonyl (C=O) groups excluding carboxylic acids is 1. The Morgan fingerprint density at radius 1 is 1.04 bits per heavy atom. The molecule has 2 aromatic heterocycles. The fraction of sp³-hybridized carbons (Fsp3) is 0.167. The van der Waals surface area contributed by atoms with Gasteiger partial charge in [-0.05, 0) is 30.3 Å². The highest BCUT2D eigenvalue weighted by atomic mass is 16.6. The molecule has 8 heteroatoms. The molecule has 0 fully saturated rings. The number of furan rings is 2. The molecule has 0 bridgehead atoms. The second kappa shape index (κ2) is 8.13. The minimum Gasteiger partial charge on any atom is -0.468 e. The van der Waals surface area contributed by atoms with E-state index in [0.29, 0.717) is 18.8 Å². The molecule has 1 aromatic carbocycles. The summed E-state index contributed by atoms with van der Waals surface area (Å²) in [6.45, 7) is 0.927. The van der Waals surface area contributed by atoms with E-state index in [9.17, 15) is 14.9 Å². The number of nitrogens with one attached hydrogen (secondary N) is 1. The van der Waals surface area contributed by atoms with E-state index >= 15 is 0 Å². The first kappa shape index (κ1) is 17.4. The van der Waals surface area contributed by atoms with Crippen molar-refractivity contribution in [2.75, 3.05) is 11.9 Å². The maximum Gasteiger partial charge on any atom is 0.271 e. The van der Waals surface area contributed by atoms with Crippen molar-refractivity contribution in [1.29, 1.82) is 0 Å².